The highest BCUT2D eigenvalue weighted by molar-refractivity contribution is 9.10. The van der Waals surface area contributed by atoms with E-state index < -0.39 is 6.04 Å². The van der Waals surface area contributed by atoms with Gasteiger partial charge in [-0.1, -0.05) is 57.5 Å². The number of rotatable bonds is 7. The predicted octanol–water partition coefficient (Wildman–Crippen LogP) is 7.31. The van der Waals surface area contributed by atoms with Gasteiger partial charge in [0.2, 0.25) is 0 Å². The number of anilines is 1. The minimum atomic E-state index is -0.462. The number of thioether (sulfide) groups is 1. The first kappa shape index (κ1) is 25.2. The number of amides is 2. The molecule has 0 aliphatic carbocycles. The number of nitrogens with zero attached hydrogens (tertiary/aromatic N) is 3. The monoisotopic (exact) mass is 573 g/mol. The van der Waals surface area contributed by atoms with E-state index in [0.717, 1.165) is 21.3 Å². The molecule has 0 aliphatic heterocycles. The molecule has 10 heteroatoms. The standard InChI is InChI=1S/C25H22BrClFN5OS/c1-15-3-8-19(27)13-22(15)33-23(16(2)29-24(34)30-21-11-6-18(26)7-12-21)31-32-25(33)35-14-17-4-9-20(28)10-5-17/h3-13,16H,14H2,1-2H3,(H2,29,30,34). The number of carbonyl (C=O) groups excluding carboxylic acids is 1. The lowest BCUT2D eigenvalue weighted by molar-refractivity contribution is 0.249. The van der Waals surface area contributed by atoms with Gasteiger partial charge in [-0.2, -0.15) is 0 Å². The van der Waals surface area contributed by atoms with E-state index in [1.54, 1.807) is 24.3 Å². The third-order valence-corrected chi connectivity index (χ3v) is 6.95. The fourth-order valence-electron chi connectivity index (χ4n) is 3.40. The van der Waals surface area contributed by atoms with Gasteiger partial charge in [-0.3, -0.25) is 4.57 Å². The Hall–Kier alpha value is -2.88. The van der Waals surface area contributed by atoms with E-state index in [1.165, 1.54) is 23.9 Å². The fraction of sp³-hybridized carbons (Fsp3) is 0.160. The summed E-state index contributed by atoms with van der Waals surface area (Å²) >= 11 is 11.2. The molecule has 0 spiro atoms. The zero-order chi connectivity index (χ0) is 24.9. The fourth-order valence-corrected chi connectivity index (χ4v) is 4.73. The second-order valence-corrected chi connectivity index (χ2v) is 10.1. The molecule has 1 unspecified atom stereocenters. The largest absolute Gasteiger partial charge is 0.328 e. The highest BCUT2D eigenvalue weighted by Crippen LogP contribution is 2.30. The summed E-state index contributed by atoms with van der Waals surface area (Å²) in [6.07, 6.45) is 0. The number of urea groups is 1. The SMILES string of the molecule is Cc1ccc(Cl)cc1-n1c(SCc2ccc(F)cc2)nnc1C(C)NC(=O)Nc1ccc(Br)cc1. The normalized spacial score (nSPS) is 11.8. The molecule has 35 heavy (non-hydrogen) atoms. The van der Waals surface area contributed by atoms with Crippen LogP contribution in [0.3, 0.4) is 0 Å². The van der Waals surface area contributed by atoms with Crippen molar-refractivity contribution in [2.75, 3.05) is 5.32 Å². The molecular weight excluding hydrogens is 553 g/mol. The molecule has 2 N–H and O–H groups in total. The third kappa shape index (κ3) is 6.42. The number of benzene rings is 3. The van der Waals surface area contributed by atoms with Crippen molar-refractivity contribution in [2.24, 2.45) is 0 Å². The summed E-state index contributed by atoms with van der Waals surface area (Å²) in [5.41, 5.74) is 3.42. The number of aromatic nitrogens is 3. The summed E-state index contributed by atoms with van der Waals surface area (Å²) < 4.78 is 16.1. The molecule has 1 heterocycles. The maximum Gasteiger partial charge on any atom is 0.319 e. The number of aryl methyl sites for hydroxylation is 1. The Kier molecular flexibility index (Phi) is 8.10. The van der Waals surface area contributed by atoms with Crippen LogP contribution in [0, 0.1) is 12.7 Å². The van der Waals surface area contributed by atoms with Crippen LogP contribution in [-0.2, 0) is 5.75 Å². The molecule has 0 aliphatic rings. The second-order valence-electron chi connectivity index (χ2n) is 7.85. The van der Waals surface area contributed by atoms with Gasteiger partial charge >= 0.3 is 6.03 Å². The van der Waals surface area contributed by atoms with Crippen molar-refractivity contribution in [2.45, 2.75) is 30.8 Å². The van der Waals surface area contributed by atoms with Gasteiger partial charge in [-0.15, -0.1) is 10.2 Å². The maximum absolute atomic E-state index is 13.3. The molecule has 180 valence electrons. The van der Waals surface area contributed by atoms with E-state index in [-0.39, 0.29) is 11.8 Å². The minimum Gasteiger partial charge on any atom is -0.328 e. The van der Waals surface area contributed by atoms with Crippen LogP contribution >= 0.6 is 39.3 Å². The molecule has 1 atom stereocenters. The van der Waals surface area contributed by atoms with Crippen LogP contribution < -0.4 is 10.6 Å². The summed E-state index contributed by atoms with van der Waals surface area (Å²) in [5.74, 6) is 0.854. The quantitative estimate of drug-likeness (QED) is 0.227. The first-order valence-electron chi connectivity index (χ1n) is 10.7. The summed E-state index contributed by atoms with van der Waals surface area (Å²) in [6, 6.07) is 18.4. The van der Waals surface area contributed by atoms with Gasteiger partial charge in [0.25, 0.3) is 0 Å². The zero-order valence-electron chi connectivity index (χ0n) is 18.9. The van der Waals surface area contributed by atoms with Crippen LogP contribution in [0.1, 0.15) is 29.9 Å². The molecular formula is C25H22BrClFN5OS. The summed E-state index contributed by atoms with van der Waals surface area (Å²) in [7, 11) is 0. The van der Waals surface area contributed by atoms with Gasteiger partial charge in [0.1, 0.15) is 5.82 Å². The first-order chi connectivity index (χ1) is 16.8. The van der Waals surface area contributed by atoms with Gasteiger partial charge in [0, 0.05) is 20.9 Å². The molecule has 2 amide bonds. The lowest BCUT2D eigenvalue weighted by Gasteiger charge is -2.18. The second kappa shape index (κ2) is 11.2. The third-order valence-electron chi connectivity index (χ3n) is 5.19. The van der Waals surface area contributed by atoms with E-state index >= 15 is 0 Å². The lowest BCUT2D eigenvalue weighted by atomic mass is 10.2. The van der Waals surface area contributed by atoms with Gasteiger partial charge in [0.15, 0.2) is 11.0 Å². The molecule has 1 aromatic heterocycles. The maximum atomic E-state index is 13.3. The van der Waals surface area contributed by atoms with Crippen molar-refractivity contribution >= 4 is 51.0 Å². The Morgan fingerprint density at radius 2 is 1.83 bits per heavy atom. The van der Waals surface area contributed by atoms with Gasteiger partial charge in [-0.25, -0.2) is 9.18 Å². The average molecular weight is 575 g/mol. The van der Waals surface area contributed by atoms with Crippen molar-refractivity contribution in [3.63, 3.8) is 0 Å². The minimum absolute atomic E-state index is 0.278. The van der Waals surface area contributed by atoms with Crippen LogP contribution in [0.2, 0.25) is 5.02 Å². The number of halogens is 3. The van der Waals surface area contributed by atoms with E-state index in [2.05, 4.69) is 36.8 Å². The first-order valence-corrected chi connectivity index (χ1v) is 12.9. The number of carbonyl (C=O) groups is 1. The summed E-state index contributed by atoms with van der Waals surface area (Å²) in [5, 5.41) is 15.8. The number of hydrogen-bond donors (Lipinski definition) is 2. The summed E-state index contributed by atoms with van der Waals surface area (Å²) in [6.45, 7) is 3.82. The highest BCUT2D eigenvalue weighted by atomic mass is 79.9. The Bertz CT molecular complexity index is 1330. The van der Waals surface area contributed by atoms with E-state index in [1.807, 2.05) is 48.7 Å². The molecule has 6 nitrogen and oxygen atoms in total. The van der Waals surface area contributed by atoms with Crippen LogP contribution in [0.5, 0.6) is 0 Å². The average Bonchev–Trinajstić information content (AvgIpc) is 3.25. The van der Waals surface area contributed by atoms with Crippen molar-refractivity contribution in [1.29, 1.82) is 0 Å². The summed E-state index contributed by atoms with van der Waals surface area (Å²) in [4.78, 5) is 12.6. The zero-order valence-corrected chi connectivity index (χ0v) is 22.1. The smallest absolute Gasteiger partial charge is 0.319 e. The van der Waals surface area contributed by atoms with Crippen LogP contribution in [0.15, 0.2) is 76.4 Å². The van der Waals surface area contributed by atoms with Gasteiger partial charge in [0.05, 0.1) is 11.7 Å². The molecule has 4 rings (SSSR count). The van der Waals surface area contributed by atoms with E-state index in [9.17, 15) is 9.18 Å². The molecule has 0 saturated heterocycles. The van der Waals surface area contributed by atoms with E-state index in [0.29, 0.717) is 27.4 Å². The van der Waals surface area contributed by atoms with E-state index in [4.69, 9.17) is 11.6 Å². The molecule has 0 bridgehead atoms. The van der Waals surface area contributed by atoms with Crippen molar-refractivity contribution in [1.82, 2.24) is 20.1 Å². The van der Waals surface area contributed by atoms with Crippen LogP contribution in [0.4, 0.5) is 14.9 Å². The molecule has 0 saturated carbocycles. The Labute approximate surface area is 220 Å². The Morgan fingerprint density at radius 1 is 1.11 bits per heavy atom. The van der Waals surface area contributed by atoms with Gasteiger partial charge < -0.3 is 10.6 Å². The predicted molar refractivity (Wildman–Crippen MR) is 142 cm³/mol. The molecule has 0 radical (unpaired) electrons. The molecule has 3 aromatic carbocycles. The highest BCUT2D eigenvalue weighted by Gasteiger charge is 2.22. The number of hydrogen-bond acceptors (Lipinski definition) is 4. The number of nitrogens with one attached hydrogen (secondary N) is 2. The molecule has 0 fully saturated rings. The van der Waals surface area contributed by atoms with Crippen molar-refractivity contribution < 1.29 is 9.18 Å². The Morgan fingerprint density at radius 3 is 2.54 bits per heavy atom. The van der Waals surface area contributed by atoms with Crippen molar-refractivity contribution in [3.8, 4) is 5.69 Å². The molecule has 4 aromatic rings. The van der Waals surface area contributed by atoms with Crippen LogP contribution in [-0.4, -0.2) is 20.8 Å². The van der Waals surface area contributed by atoms with Crippen LogP contribution in [0.25, 0.3) is 5.69 Å². The topological polar surface area (TPSA) is 71.8 Å². The van der Waals surface area contributed by atoms with Gasteiger partial charge in [-0.05, 0) is 73.5 Å². The van der Waals surface area contributed by atoms with Crippen molar-refractivity contribution in [3.05, 3.63) is 99.0 Å². The lowest BCUT2D eigenvalue weighted by Crippen LogP contribution is -2.32. The Balaban J connectivity index is 1.60.